The molecule has 0 aromatic heterocycles. The van der Waals surface area contributed by atoms with Crippen LogP contribution in [0.25, 0.3) is 12.2 Å². The van der Waals surface area contributed by atoms with E-state index in [1.54, 1.807) is 6.07 Å². The van der Waals surface area contributed by atoms with Gasteiger partial charge in [0.15, 0.2) is 37.4 Å². The van der Waals surface area contributed by atoms with E-state index in [2.05, 4.69) is 0 Å². The lowest BCUT2D eigenvalue weighted by atomic mass is 9.95. The number of rotatable bonds is 23. The van der Waals surface area contributed by atoms with Gasteiger partial charge in [0, 0.05) is 19.1 Å². The molecule has 24 atom stereocenters. The zero-order valence-electron chi connectivity index (χ0n) is 47.0. The van der Waals surface area contributed by atoms with Crippen LogP contribution in [0.1, 0.15) is 28.4 Å². The second kappa shape index (κ2) is 30.7. The number of phenolic OH excluding ortho intramolecular Hbond substituents is 2. The van der Waals surface area contributed by atoms with E-state index in [4.69, 9.17) is 61.6 Å². The minimum absolute atomic E-state index is 0.105. The zero-order chi connectivity index (χ0) is 64.4. The molecule has 8 rings (SSSR count). The predicted octanol–water partition coefficient (Wildman–Crippen LogP) is -5.55. The summed E-state index contributed by atoms with van der Waals surface area (Å²) in [5.74, 6) is -7.81. The van der Waals surface area contributed by atoms with Crippen molar-refractivity contribution in [2.24, 2.45) is 0 Å². The van der Waals surface area contributed by atoms with Crippen molar-refractivity contribution in [2.75, 3.05) is 39.6 Å². The number of benzene rings is 3. The number of aliphatic hydroxyl groups excluding tert-OH is 13. The first kappa shape index (κ1) is 68.6. The average Bonchev–Trinajstić information content (AvgIpc) is 1.75. The highest BCUT2D eigenvalue weighted by atomic mass is 16.8. The Morgan fingerprint density at radius 1 is 0.472 bits per heavy atom. The maximum Gasteiger partial charge on any atom is 0.338 e. The Hall–Kier alpha value is -6.26. The maximum absolute atomic E-state index is 14.1. The molecule has 5 fully saturated rings. The number of hydrogen-bond donors (Lipinski definition) is 15. The third-order valence-electron chi connectivity index (χ3n) is 14.9. The van der Waals surface area contributed by atoms with Crippen molar-refractivity contribution < 1.29 is 157 Å². The van der Waals surface area contributed by atoms with Crippen molar-refractivity contribution in [2.45, 2.75) is 154 Å². The molecule has 5 aliphatic rings. The standard InChI is InChI=1S/C57H70O32/c1-25(62)77-23-35-40(69)48(84-53-44(73)42(71)38(67)31(19-58)79-53)46(75)55(82-35)85-49-47(83-37(66)18-12-27-9-15-30(64)16-10-27)34(22-61)81-56(50(49)86-54-45(74)43(72)39(68)32(20-59)80-54)89-57(24-78-36(65)17-11-26-7-13-29(63)14-8-26)51(41(70)33(21-60)88-57)87-52(76)28-5-3-2-4-6-28/h2-18,31-35,38-51,53-56,58-61,63-64,67-75H,19-24H2,1H3/t31-,32+,33-,34+,35-,38+,39+,40+,41+,42-,43-,44-,45-,46+,47+,48-,49-,50+,51-,53+,54-,55+,56+,57-/m1/s1. The van der Waals surface area contributed by atoms with Gasteiger partial charge < -0.3 is 138 Å². The summed E-state index contributed by atoms with van der Waals surface area (Å²) in [4.78, 5) is 54.1. The fourth-order valence-corrected chi connectivity index (χ4v) is 10.1. The summed E-state index contributed by atoms with van der Waals surface area (Å²) in [6.07, 6.45) is -44.9. The lowest BCUT2D eigenvalue weighted by Gasteiger charge is -2.51. The number of carbonyl (C=O) groups excluding carboxylic acids is 4. The monoisotopic (exact) mass is 1270 g/mol. The van der Waals surface area contributed by atoms with Crippen LogP contribution < -0.4 is 0 Å². The number of ether oxygens (including phenoxy) is 13. The van der Waals surface area contributed by atoms with Crippen molar-refractivity contribution in [3.63, 3.8) is 0 Å². The molecule has 89 heavy (non-hydrogen) atoms. The van der Waals surface area contributed by atoms with Crippen molar-refractivity contribution in [1.29, 1.82) is 0 Å². The largest absolute Gasteiger partial charge is 0.508 e. The summed E-state index contributed by atoms with van der Waals surface area (Å²) >= 11 is 0. The van der Waals surface area contributed by atoms with E-state index in [1.165, 1.54) is 84.9 Å². The predicted molar refractivity (Wildman–Crippen MR) is 288 cm³/mol. The van der Waals surface area contributed by atoms with Gasteiger partial charge in [-0.1, -0.05) is 42.5 Å². The van der Waals surface area contributed by atoms with Gasteiger partial charge in [-0.2, -0.15) is 0 Å². The second-order valence-electron chi connectivity index (χ2n) is 21.1. The van der Waals surface area contributed by atoms with Gasteiger partial charge in [-0.05, 0) is 59.7 Å². The highest BCUT2D eigenvalue weighted by Crippen LogP contribution is 2.42. The first-order valence-electron chi connectivity index (χ1n) is 27.7. The summed E-state index contributed by atoms with van der Waals surface area (Å²) in [6, 6.07) is 17.9. The molecule has 32 heteroatoms. The third kappa shape index (κ3) is 16.3. The minimum atomic E-state index is -2.97. The Morgan fingerprint density at radius 3 is 1.48 bits per heavy atom. The molecule has 0 spiro atoms. The van der Waals surface area contributed by atoms with Gasteiger partial charge in [-0.15, -0.1) is 0 Å². The van der Waals surface area contributed by atoms with Crippen LogP contribution in [-0.4, -0.2) is 287 Å². The highest BCUT2D eigenvalue weighted by Gasteiger charge is 2.64. The molecule has 5 saturated heterocycles. The molecular formula is C57H70O32. The summed E-state index contributed by atoms with van der Waals surface area (Å²) in [5.41, 5.74) is 0.548. The molecule has 0 amide bonds. The van der Waals surface area contributed by atoms with Crippen molar-refractivity contribution in [3.05, 3.63) is 108 Å². The Labute approximate surface area is 504 Å². The smallest absolute Gasteiger partial charge is 0.338 e. The normalized spacial score (nSPS) is 37.4. The summed E-state index contributed by atoms with van der Waals surface area (Å²) in [7, 11) is 0. The summed E-state index contributed by atoms with van der Waals surface area (Å²) < 4.78 is 77.6. The van der Waals surface area contributed by atoms with Crippen LogP contribution in [0.5, 0.6) is 11.5 Å². The molecule has 0 radical (unpaired) electrons. The Balaban J connectivity index is 1.27. The van der Waals surface area contributed by atoms with Crippen LogP contribution in [0.15, 0.2) is 91.0 Å². The van der Waals surface area contributed by atoms with E-state index >= 15 is 0 Å². The van der Waals surface area contributed by atoms with Crippen LogP contribution in [0.4, 0.5) is 0 Å². The van der Waals surface area contributed by atoms with Gasteiger partial charge >= 0.3 is 23.9 Å². The zero-order valence-corrected chi connectivity index (χ0v) is 47.0. The fraction of sp³-hybridized carbons (Fsp3) is 0.544. The molecule has 15 N–H and O–H groups in total. The number of carbonyl (C=O) groups is 4. The lowest BCUT2D eigenvalue weighted by Crippen LogP contribution is -2.69. The SMILES string of the molecule is CC(=O)OC[C@H]1O[C@@H](O[C@H]2[C@H](O[C@H]3O[C@@H](CO)[C@H](O)[C@@H](O)[C@H]3O)[C@H](O[C@@]3(COC(=O)C=Cc4ccc(O)cc4)O[C@H](CO)[C@H](O)[C@H]3OC(=O)c3ccccc3)O[C@@H](CO)[C@@H]2OC(=O)C=Cc2ccc(O)cc2)[C@@H](O)[C@H](O[C@@H]2O[C@H](CO)[C@H](O)[C@@H](O)[C@H]2O)[C@H]1O. The van der Waals surface area contributed by atoms with Crippen molar-refractivity contribution in [3.8, 4) is 11.5 Å². The molecule has 0 bridgehead atoms. The Bertz CT molecular complexity index is 2840. The molecule has 490 valence electrons. The number of aliphatic hydroxyl groups is 13. The van der Waals surface area contributed by atoms with Gasteiger partial charge in [0.25, 0.3) is 0 Å². The number of esters is 4. The molecular weight excluding hydrogens is 1200 g/mol. The van der Waals surface area contributed by atoms with E-state index < -0.39 is 210 Å². The van der Waals surface area contributed by atoms with Crippen molar-refractivity contribution >= 4 is 36.0 Å². The van der Waals surface area contributed by atoms with Gasteiger partial charge in [-0.25, -0.2) is 14.4 Å². The fourth-order valence-electron chi connectivity index (χ4n) is 10.1. The molecule has 5 heterocycles. The van der Waals surface area contributed by atoms with E-state index in [0.717, 1.165) is 19.1 Å². The van der Waals surface area contributed by atoms with Gasteiger partial charge in [0.05, 0.1) is 32.0 Å². The molecule has 0 saturated carbocycles. The topological polar surface area (TPSA) is 492 Å². The van der Waals surface area contributed by atoms with Crippen LogP contribution in [-0.2, 0) is 76.0 Å². The van der Waals surface area contributed by atoms with Gasteiger partial charge in [0.2, 0.25) is 5.79 Å². The van der Waals surface area contributed by atoms with Crippen LogP contribution in [0.3, 0.4) is 0 Å². The van der Waals surface area contributed by atoms with Crippen LogP contribution >= 0.6 is 0 Å². The number of phenols is 2. The average molecular weight is 1270 g/mol. The Morgan fingerprint density at radius 2 is 0.955 bits per heavy atom. The molecule has 0 unspecified atom stereocenters. The van der Waals surface area contributed by atoms with Crippen molar-refractivity contribution in [1.82, 2.24) is 0 Å². The maximum atomic E-state index is 14.1. The first-order valence-corrected chi connectivity index (χ1v) is 27.7. The molecule has 3 aromatic carbocycles. The minimum Gasteiger partial charge on any atom is -0.508 e. The highest BCUT2D eigenvalue weighted by molar-refractivity contribution is 5.90. The van der Waals surface area contributed by atoms with E-state index in [0.29, 0.717) is 11.1 Å². The number of hydrogen-bond acceptors (Lipinski definition) is 32. The Kier molecular flexibility index (Phi) is 23.7. The van der Waals surface area contributed by atoms with E-state index in [1.807, 2.05) is 0 Å². The molecule has 32 nitrogen and oxygen atoms in total. The van der Waals surface area contributed by atoms with Gasteiger partial charge in [-0.3, -0.25) is 4.79 Å². The number of aromatic hydroxyl groups is 2. The van der Waals surface area contributed by atoms with E-state index in [-0.39, 0.29) is 17.1 Å². The molecule has 3 aromatic rings. The third-order valence-corrected chi connectivity index (χ3v) is 14.9. The summed E-state index contributed by atoms with van der Waals surface area (Å²) in [6.45, 7) is -5.52. The van der Waals surface area contributed by atoms with Crippen LogP contribution in [0, 0.1) is 0 Å². The first-order chi connectivity index (χ1) is 42.5. The molecule has 5 aliphatic heterocycles. The summed E-state index contributed by atoms with van der Waals surface area (Å²) in [5, 5.41) is 164. The van der Waals surface area contributed by atoms with Gasteiger partial charge in [0.1, 0.15) is 128 Å². The van der Waals surface area contributed by atoms with Crippen LogP contribution in [0.2, 0.25) is 0 Å². The quantitative estimate of drug-likeness (QED) is 0.0239. The lowest BCUT2D eigenvalue weighted by molar-refractivity contribution is -0.423. The second-order valence-corrected chi connectivity index (χ2v) is 21.1. The van der Waals surface area contributed by atoms with E-state index in [9.17, 15) is 95.8 Å². The molecule has 0 aliphatic carbocycles.